The lowest BCUT2D eigenvalue weighted by atomic mass is 9.92. The van der Waals surface area contributed by atoms with E-state index in [0.29, 0.717) is 24.5 Å². The molecule has 0 radical (unpaired) electrons. The second kappa shape index (κ2) is 8.31. The van der Waals surface area contributed by atoms with E-state index in [4.69, 9.17) is 4.52 Å². The maximum atomic E-state index is 13.2. The summed E-state index contributed by atoms with van der Waals surface area (Å²) in [5, 5.41) is 6.14. The van der Waals surface area contributed by atoms with Crippen molar-refractivity contribution in [3.8, 4) is 11.1 Å². The molecule has 3 heterocycles. The summed E-state index contributed by atoms with van der Waals surface area (Å²) in [7, 11) is 0. The van der Waals surface area contributed by atoms with Gasteiger partial charge in [0, 0.05) is 36.2 Å². The number of aryl methyl sites for hydroxylation is 3. The zero-order valence-corrected chi connectivity index (χ0v) is 19.0. The Bertz CT molecular complexity index is 1390. The Morgan fingerprint density at radius 1 is 1.03 bits per heavy atom. The number of benzene rings is 2. The molecule has 0 saturated carbocycles. The molecule has 5 rings (SSSR count). The predicted octanol–water partition coefficient (Wildman–Crippen LogP) is 4.52. The lowest BCUT2D eigenvalue weighted by Gasteiger charge is -2.32. The molecule has 7 heteroatoms. The van der Waals surface area contributed by atoms with Gasteiger partial charge in [-0.25, -0.2) is 4.98 Å². The van der Waals surface area contributed by atoms with E-state index in [1.807, 2.05) is 49.1 Å². The number of likely N-dealkylation sites (tertiary alicyclic amines) is 1. The molecule has 33 heavy (non-hydrogen) atoms. The molecule has 0 aliphatic carbocycles. The number of piperidine rings is 1. The predicted molar refractivity (Wildman–Crippen MR) is 126 cm³/mol. The molecule has 7 nitrogen and oxygen atoms in total. The van der Waals surface area contributed by atoms with Crippen LogP contribution in [0.15, 0.2) is 51.8 Å². The minimum Gasteiger partial charge on any atom is -0.361 e. The molecule has 1 amide bonds. The lowest BCUT2D eigenvalue weighted by Crippen LogP contribution is -2.38. The summed E-state index contributed by atoms with van der Waals surface area (Å²) in [5.74, 6) is 1.67. The number of fused-ring (bicyclic) bond motifs is 1. The first-order valence-corrected chi connectivity index (χ1v) is 11.2. The van der Waals surface area contributed by atoms with E-state index in [-0.39, 0.29) is 17.4 Å². The molecule has 4 aromatic rings. The van der Waals surface area contributed by atoms with Gasteiger partial charge >= 0.3 is 0 Å². The van der Waals surface area contributed by atoms with Gasteiger partial charge in [-0.1, -0.05) is 23.4 Å². The number of hydrogen-bond donors (Lipinski definition) is 1. The first kappa shape index (κ1) is 21.1. The van der Waals surface area contributed by atoms with E-state index >= 15 is 0 Å². The average molecular weight is 443 g/mol. The number of nitrogens with one attached hydrogen (secondary N) is 1. The van der Waals surface area contributed by atoms with Crippen LogP contribution in [-0.2, 0) is 0 Å². The van der Waals surface area contributed by atoms with Crippen molar-refractivity contribution in [3.05, 3.63) is 81.4 Å². The van der Waals surface area contributed by atoms with E-state index in [1.54, 1.807) is 13.0 Å². The van der Waals surface area contributed by atoms with Crippen LogP contribution in [-0.4, -0.2) is 39.0 Å². The van der Waals surface area contributed by atoms with E-state index < -0.39 is 0 Å². The Morgan fingerprint density at radius 3 is 2.45 bits per heavy atom. The Labute approximate surface area is 191 Å². The fraction of sp³-hybridized carbons (Fsp3) is 0.308. The Hall–Kier alpha value is -3.74. The Morgan fingerprint density at radius 2 is 1.76 bits per heavy atom. The monoisotopic (exact) mass is 442 g/mol. The highest BCUT2D eigenvalue weighted by molar-refractivity contribution is 5.99. The third-order valence-electron chi connectivity index (χ3n) is 6.49. The van der Waals surface area contributed by atoms with Gasteiger partial charge in [-0.3, -0.25) is 9.59 Å². The van der Waals surface area contributed by atoms with Crippen LogP contribution in [0.2, 0.25) is 0 Å². The third kappa shape index (κ3) is 4.06. The largest absolute Gasteiger partial charge is 0.361 e. The summed E-state index contributed by atoms with van der Waals surface area (Å²) in [5.41, 5.74) is 4.34. The van der Waals surface area contributed by atoms with Crippen molar-refractivity contribution in [1.82, 2.24) is 20.0 Å². The molecule has 0 atom stereocenters. The van der Waals surface area contributed by atoms with Gasteiger partial charge in [0.15, 0.2) is 0 Å². The van der Waals surface area contributed by atoms with E-state index in [0.717, 1.165) is 51.9 Å². The Balaban J connectivity index is 1.32. The van der Waals surface area contributed by atoms with Crippen LogP contribution in [0.5, 0.6) is 0 Å². The van der Waals surface area contributed by atoms with Crippen molar-refractivity contribution in [3.63, 3.8) is 0 Å². The zero-order valence-electron chi connectivity index (χ0n) is 19.0. The van der Waals surface area contributed by atoms with Gasteiger partial charge in [0.1, 0.15) is 11.6 Å². The minimum absolute atomic E-state index is 0.0419. The number of carbonyl (C=O) groups excluding carboxylic acids is 1. The van der Waals surface area contributed by atoms with Gasteiger partial charge in [0.25, 0.3) is 11.5 Å². The van der Waals surface area contributed by atoms with Gasteiger partial charge in [0.2, 0.25) is 0 Å². The number of nitrogens with zero attached hydrogens (tertiary/aromatic N) is 3. The quantitative estimate of drug-likeness (QED) is 0.504. The standard InChI is InChI=1S/C26H26N4O3/c1-15-25(16(2)33-29-15)21-6-4-20-13-22(7-5-19(20)12-21)26(32)30-10-8-18(9-11-30)23-14-24(31)28-17(3)27-23/h4-7,12-14,18H,8-11H2,1-3H3,(H,27,28,31). The molecule has 0 unspecified atom stereocenters. The molecule has 2 aromatic carbocycles. The fourth-order valence-corrected chi connectivity index (χ4v) is 4.80. The van der Waals surface area contributed by atoms with Crippen molar-refractivity contribution < 1.29 is 9.32 Å². The third-order valence-corrected chi connectivity index (χ3v) is 6.49. The molecule has 1 fully saturated rings. The molecule has 1 aliphatic rings. The highest BCUT2D eigenvalue weighted by Gasteiger charge is 2.26. The Kier molecular flexibility index (Phi) is 5.32. The second-order valence-corrected chi connectivity index (χ2v) is 8.80. The normalized spacial score (nSPS) is 14.7. The molecule has 1 saturated heterocycles. The summed E-state index contributed by atoms with van der Waals surface area (Å²) in [4.78, 5) is 34.0. The number of aromatic amines is 1. The zero-order chi connectivity index (χ0) is 23.1. The maximum Gasteiger partial charge on any atom is 0.253 e. The fourth-order valence-electron chi connectivity index (χ4n) is 4.80. The van der Waals surface area contributed by atoms with Gasteiger partial charge in [-0.2, -0.15) is 0 Å². The molecular formula is C26H26N4O3. The molecule has 0 spiro atoms. The number of aromatic nitrogens is 3. The van der Waals surface area contributed by atoms with Crippen molar-refractivity contribution in [1.29, 1.82) is 0 Å². The molecular weight excluding hydrogens is 416 g/mol. The summed E-state index contributed by atoms with van der Waals surface area (Å²) >= 11 is 0. The summed E-state index contributed by atoms with van der Waals surface area (Å²) in [6, 6.07) is 13.6. The minimum atomic E-state index is -0.121. The van der Waals surface area contributed by atoms with Gasteiger partial charge in [-0.05, 0) is 68.1 Å². The number of H-pyrrole nitrogens is 1. The van der Waals surface area contributed by atoms with Gasteiger partial charge in [0.05, 0.1) is 11.4 Å². The SMILES string of the molecule is Cc1nc(C2CCN(C(=O)c3ccc4cc(-c5c(C)noc5C)ccc4c3)CC2)cc(=O)[nH]1. The van der Waals surface area contributed by atoms with Crippen LogP contribution in [0.3, 0.4) is 0 Å². The van der Waals surface area contributed by atoms with Crippen LogP contribution in [0, 0.1) is 20.8 Å². The molecule has 168 valence electrons. The highest BCUT2D eigenvalue weighted by Crippen LogP contribution is 2.31. The van der Waals surface area contributed by atoms with Crippen molar-refractivity contribution >= 4 is 16.7 Å². The second-order valence-electron chi connectivity index (χ2n) is 8.80. The first-order valence-electron chi connectivity index (χ1n) is 11.2. The highest BCUT2D eigenvalue weighted by atomic mass is 16.5. The van der Waals surface area contributed by atoms with E-state index in [2.05, 4.69) is 21.2 Å². The van der Waals surface area contributed by atoms with Crippen LogP contribution in [0.4, 0.5) is 0 Å². The smallest absolute Gasteiger partial charge is 0.253 e. The number of rotatable bonds is 3. The molecule has 1 N–H and O–H groups in total. The van der Waals surface area contributed by atoms with Crippen molar-refractivity contribution in [2.45, 2.75) is 39.5 Å². The molecule has 2 aromatic heterocycles. The van der Waals surface area contributed by atoms with E-state index in [1.165, 1.54) is 0 Å². The van der Waals surface area contributed by atoms with Crippen LogP contribution in [0.25, 0.3) is 21.9 Å². The van der Waals surface area contributed by atoms with Gasteiger partial charge in [-0.15, -0.1) is 0 Å². The number of amides is 1. The summed E-state index contributed by atoms with van der Waals surface area (Å²) < 4.78 is 5.31. The topological polar surface area (TPSA) is 92.1 Å². The average Bonchev–Trinajstić information content (AvgIpc) is 3.15. The molecule has 1 aliphatic heterocycles. The molecule has 0 bridgehead atoms. The summed E-state index contributed by atoms with van der Waals surface area (Å²) in [6.45, 7) is 6.95. The van der Waals surface area contributed by atoms with Crippen molar-refractivity contribution in [2.24, 2.45) is 0 Å². The lowest BCUT2D eigenvalue weighted by molar-refractivity contribution is 0.0712. The van der Waals surface area contributed by atoms with E-state index in [9.17, 15) is 9.59 Å². The summed E-state index contributed by atoms with van der Waals surface area (Å²) in [6.07, 6.45) is 1.60. The first-order chi connectivity index (χ1) is 15.9. The van der Waals surface area contributed by atoms with Crippen LogP contribution < -0.4 is 5.56 Å². The van der Waals surface area contributed by atoms with Crippen LogP contribution >= 0.6 is 0 Å². The number of carbonyl (C=O) groups is 1. The van der Waals surface area contributed by atoms with Crippen molar-refractivity contribution in [2.75, 3.05) is 13.1 Å². The maximum absolute atomic E-state index is 13.2. The van der Waals surface area contributed by atoms with Gasteiger partial charge < -0.3 is 14.4 Å². The van der Waals surface area contributed by atoms with Crippen LogP contribution in [0.1, 0.15) is 52.1 Å². The number of hydrogen-bond acceptors (Lipinski definition) is 5.